The molecule has 0 aliphatic heterocycles. The van der Waals surface area contributed by atoms with Gasteiger partial charge in [0, 0.05) is 35.2 Å². The highest BCUT2D eigenvalue weighted by atomic mass is 16.5. The van der Waals surface area contributed by atoms with E-state index in [1.807, 2.05) is 12.1 Å². The fourth-order valence-corrected chi connectivity index (χ4v) is 4.68. The monoisotopic (exact) mass is 485 g/mol. The number of benzene rings is 4. The van der Waals surface area contributed by atoms with Crippen molar-refractivity contribution in [2.75, 3.05) is 51.0 Å². The van der Waals surface area contributed by atoms with Crippen LogP contribution in [0.4, 0.5) is 11.4 Å². The Bertz CT molecular complexity index is 1200. The lowest BCUT2D eigenvalue weighted by Gasteiger charge is -2.13. The molecule has 0 heterocycles. The summed E-state index contributed by atoms with van der Waals surface area (Å²) in [5, 5.41) is 15.7. The van der Waals surface area contributed by atoms with E-state index in [-0.39, 0.29) is 0 Å². The summed E-state index contributed by atoms with van der Waals surface area (Å²) in [6, 6.07) is 21.4. The van der Waals surface area contributed by atoms with Crippen molar-refractivity contribution in [3.05, 3.63) is 71.8 Å². The van der Waals surface area contributed by atoms with E-state index >= 15 is 0 Å². The van der Waals surface area contributed by atoms with Gasteiger partial charge in [-0.15, -0.1) is 0 Å². The molecule has 0 saturated heterocycles. The molecular formula is C31H39N3O2. The van der Waals surface area contributed by atoms with Gasteiger partial charge < -0.3 is 25.4 Å². The second-order valence-corrected chi connectivity index (χ2v) is 9.46. The largest absolute Gasteiger partial charge is 0.497 e. The molecule has 0 spiro atoms. The zero-order valence-corrected chi connectivity index (χ0v) is 22.0. The number of rotatable bonds is 13. The Morgan fingerprint density at radius 3 is 1.56 bits per heavy atom. The third kappa shape index (κ3) is 6.61. The normalized spacial score (nSPS) is 11.1. The molecule has 4 aromatic rings. The van der Waals surface area contributed by atoms with E-state index in [1.54, 1.807) is 14.2 Å². The fourth-order valence-electron chi connectivity index (χ4n) is 4.68. The van der Waals surface area contributed by atoms with Crippen LogP contribution in [0.15, 0.2) is 60.7 Å². The van der Waals surface area contributed by atoms with Crippen molar-refractivity contribution < 1.29 is 9.47 Å². The number of nitrogens with one attached hydrogen (secondary N) is 3. The summed E-state index contributed by atoms with van der Waals surface area (Å²) in [4.78, 5) is 0. The molecule has 0 radical (unpaired) electrons. The Morgan fingerprint density at radius 2 is 1.03 bits per heavy atom. The van der Waals surface area contributed by atoms with E-state index in [0.717, 1.165) is 56.9 Å². The molecule has 0 fully saturated rings. The maximum absolute atomic E-state index is 5.42. The summed E-state index contributed by atoms with van der Waals surface area (Å²) in [6.07, 6.45) is 3.35. The molecule has 4 aromatic carbocycles. The van der Waals surface area contributed by atoms with Crippen LogP contribution < -0.4 is 25.4 Å². The quantitative estimate of drug-likeness (QED) is 0.180. The van der Waals surface area contributed by atoms with E-state index in [0.29, 0.717) is 0 Å². The Balaban J connectivity index is 1.16. The number of methoxy groups -OCH3 is 2. The summed E-state index contributed by atoms with van der Waals surface area (Å²) in [7, 11) is 3.43. The summed E-state index contributed by atoms with van der Waals surface area (Å²) >= 11 is 0. The summed E-state index contributed by atoms with van der Waals surface area (Å²) in [5.74, 6) is 1.78. The molecule has 0 saturated carbocycles. The van der Waals surface area contributed by atoms with Crippen molar-refractivity contribution >= 4 is 32.9 Å². The molecule has 0 unspecified atom stereocenters. The number of hydrogen-bond donors (Lipinski definition) is 3. The first kappa shape index (κ1) is 25.6. The van der Waals surface area contributed by atoms with Gasteiger partial charge in [-0.3, -0.25) is 0 Å². The van der Waals surface area contributed by atoms with Crippen LogP contribution in [0.25, 0.3) is 21.5 Å². The highest BCUT2D eigenvalue weighted by molar-refractivity contribution is 5.96. The fraction of sp³-hybridized carbons (Fsp3) is 0.355. The molecule has 5 nitrogen and oxygen atoms in total. The van der Waals surface area contributed by atoms with E-state index < -0.39 is 0 Å². The third-order valence-corrected chi connectivity index (χ3v) is 6.55. The first-order valence-corrected chi connectivity index (χ1v) is 12.9. The summed E-state index contributed by atoms with van der Waals surface area (Å²) in [5.41, 5.74) is 4.89. The lowest BCUT2D eigenvalue weighted by molar-refractivity contribution is 0.415. The van der Waals surface area contributed by atoms with Crippen molar-refractivity contribution in [2.24, 2.45) is 0 Å². The second-order valence-electron chi connectivity index (χ2n) is 9.46. The van der Waals surface area contributed by atoms with Gasteiger partial charge in [-0.05, 0) is 104 Å². The van der Waals surface area contributed by atoms with Crippen molar-refractivity contribution in [2.45, 2.75) is 33.1 Å². The maximum atomic E-state index is 5.42. The molecule has 0 amide bonds. The Kier molecular flexibility index (Phi) is 8.90. The van der Waals surface area contributed by atoms with Gasteiger partial charge >= 0.3 is 0 Å². The van der Waals surface area contributed by atoms with Gasteiger partial charge in [0.25, 0.3) is 0 Å². The van der Waals surface area contributed by atoms with Crippen LogP contribution in [-0.2, 0) is 0 Å². The number of aryl methyl sites for hydroxylation is 2. The van der Waals surface area contributed by atoms with Crippen LogP contribution in [0.2, 0.25) is 0 Å². The minimum Gasteiger partial charge on any atom is -0.497 e. The lowest BCUT2D eigenvalue weighted by Crippen LogP contribution is -2.20. The van der Waals surface area contributed by atoms with Gasteiger partial charge in [0.05, 0.1) is 14.2 Å². The lowest BCUT2D eigenvalue weighted by atomic mass is 10.0. The predicted molar refractivity (Wildman–Crippen MR) is 154 cm³/mol. The minimum absolute atomic E-state index is 0.890. The van der Waals surface area contributed by atoms with Crippen LogP contribution in [-0.4, -0.2) is 40.4 Å². The average Bonchev–Trinajstić information content (AvgIpc) is 2.88. The molecule has 4 rings (SSSR count). The molecule has 0 atom stereocenters. The molecule has 0 aliphatic rings. The Hall–Kier alpha value is -3.44. The summed E-state index contributed by atoms with van der Waals surface area (Å²) < 4.78 is 10.8. The van der Waals surface area contributed by atoms with Crippen LogP contribution in [0, 0.1) is 13.8 Å². The number of hydrogen-bond acceptors (Lipinski definition) is 5. The van der Waals surface area contributed by atoms with Crippen LogP contribution in [0.1, 0.15) is 30.4 Å². The van der Waals surface area contributed by atoms with Gasteiger partial charge in [0.1, 0.15) is 11.5 Å². The highest BCUT2D eigenvalue weighted by Gasteiger charge is 2.06. The molecule has 5 heteroatoms. The predicted octanol–water partition coefficient (Wildman–Crippen LogP) is 6.91. The SMILES string of the molecule is COc1ccc2cc(C)cc(NCCCCNCCCNc3cc(C)cc4ccc(OC)cc34)c2c1. The molecule has 0 aromatic heterocycles. The third-order valence-electron chi connectivity index (χ3n) is 6.55. The van der Waals surface area contributed by atoms with Gasteiger partial charge in [-0.1, -0.05) is 24.3 Å². The van der Waals surface area contributed by atoms with Crippen LogP contribution in [0.5, 0.6) is 11.5 Å². The van der Waals surface area contributed by atoms with E-state index in [2.05, 4.69) is 78.3 Å². The number of anilines is 2. The Labute approximate surface area is 215 Å². The van der Waals surface area contributed by atoms with Crippen LogP contribution in [0.3, 0.4) is 0 Å². The average molecular weight is 486 g/mol. The topological polar surface area (TPSA) is 54.5 Å². The Morgan fingerprint density at radius 1 is 0.556 bits per heavy atom. The van der Waals surface area contributed by atoms with Crippen LogP contribution >= 0.6 is 0 Å². The first-order chi connectivity index (χ1) is 17.6. The van der Waals surface area contributed by atoms with Gasteiger partial charge in [-0.2, -0.15) is 0 Å². The second kappa shape index (κ2) is 12.5. The number of ether oxygens (including phenoxy) is 2. The van der Waals surface area contributed by atoms with Crippen molar-refractivity contribution in [1.29, 1.82) is 0 Å². The summed E-state index contributed by atoms with van der Waals surface area (Å²) in [6.45, 7) is 8.23. The smallest absolute Gasteiger partial charge is 0.119 e. The molecular weight excluding hydrogens is 446 g/mol. The zero-order chi connectivity index (χ0) is 25.3. The van der Waals surface area contributed by atoms with Crippen molar-refractivity contribution in [3.63, 3.8) is 0 Å². The van der Waals surface area contributed by atoms with Crippen molar-refractivity contribution in [1.82, 2.24) is 5.32 Å². The molecule has 190 valence electrons. The molecule has 36 heavy (non-hydrogen) atoms. The minimum atomic E-state index is 0.890. The zero-order valence-electron chi connectivity index (χ0n) is 22.0. The standard InChI is InChI=1S/C31H39N3O2/c1-22-16-24-8-10-26(35-3)20-28(24)30(18-22)33-14-6-5-12-32-13-7-15-34-31-19-23(2)17-25-9-11-27(36-4)21-29(25)31/h8-11,16-21,32-34H,5-7,12-15H2,1-4H3. The number of fused-ring (bicyclic) bond motifs is 2. The molecule has 0 bridgehead atoms. The first-order valence-electron chi connectivity index (χ1n) is 12.9. The van der Waals surface area contributed by atoms with E-state index in [9.17, 15) is 0 Å². The molecule has 3 N–H and O–H groups in total. The maximum Gasteiger partial charge on any atom is 0.119 e. The highest BCUT2D eigenvalue weighted by Crippen LogP contribution is 2.30. The van der Waals surface area contributed by atoms with Gasteiger partial charge in [-0.25, -0.2) is 0 Å². The van der Waals surface area contributed by atoms with E-state index in [4.69, 9.17) is 9.47 Å². The van der Waals surface area contributed by atoms with Gasteiger partial charge in [0.15, 0.2) is 0 Å². The van der Waals surface area contributed by atoms with Gasteiger partial charge in [0.2, 0.25) is 0 Å². The van der Waals surface area contributed by atoms with Crippen molar-refractivity contribution in [3.8, 4) is 11.5 Å². The molecule has 0 aliphatic carbocycles. The van der Waals surface area contributed by atoms with E-state index in [1.165, 1.54) is 44.0 Å². The number of unbranched alkanes of at least 4 members (excludes halogenated alkanes) is 1.